The molecule has 2 fully saturated rings. The molecule has 2 atom stereocenters. The minimum absolute atomic E-state index is 0.0263. The minimum Gasteiger partial charge on any atom is -0.481 e. The predicted molar refractivity (Wildman–Crippen MR) is 62.5 cm³/mol. The summed E-state index contributed by atoms with van der Waals surface area (Å²) in [6, 6.07) is 0. The number of carbonyl (C=O) groups is 2. The van der Waals surface area contributed by atoms with Crippen LogP contribution in [0.5, 0.6) is 0 Å². The molecule has 0 aromatic rings. The topological polar surface area (TPSA) is 60.9 Å². The summed E-state index contributed by atoms with van der Waals surface area (Å²) in [5.41, 5.74) is -0.0263. The summed E-state index contributed by atoms with van der Waals surface area (Å²) >= 11 is 0. The van der Waals surface area contributed by atoms with E-state index in [1.807, 2.05) is 4.90 Å². The lowest BCUT2D eigenvalue weighted by atomic mass is 9.99. The van der Waals surface area contributed by atoms with Crippen LogP contribution in [-0.4, -0.2) is 59.0 Å². The molecule has 5 nitrogen and oxygen atoms in total. The van der Waals surface area contributed by atoms with E-state index in [0.29, 0.717) is 19.5 Å². The lowest BCUT2D eigenvalue weighted by Gasteiger charge is -2.45. The minimum atomic E-state index is -0.836. The van der Waals surface area contributed by atoms with Crippen LogP contribution in [-0.2, 0) is 9.59 Å². The molecular formula is C12H20N2O3. The quantitative estimate of drug-likeness (QED) is 0.752. The number of piperazine rings is 1. The van der Waals surface area contributed by atoms with E-state index in [1.54, 1.807) is 0 Å². The van der Waals surface area contributed by atoms with Crippen molar-refractivity contribution < 1.29 is 14.7 Å². The molecule has 0 spiro atoms. The van der Waals surface area contributed by atoms with Gasteiger partial charge in [0, 0.05) is 25.2 Å². The molecular weight excluding hydrogens is 220 g/mol. The van der Waals surface area contributed by atoms with E-state index < -0.39 is 11.9 Å². The first-order valence-electron chi connectivity index (χ1n) is 6.06. The number of carboxylic acids is 1. The second-order valence-electron chi connectivity index (χ2n) is 5.78. The predicted octanol–water partition coefficient (Wildman–Crippen LogP) is 0.260. The van der Waals surface area contributed by atoms with Crippen LogP contribution in [0.3, 0.4) is 0 Å². The Morgan fingerprint density at radius 3 is 2.35 bits per heavy atom. The van der Waals surface area contributed by atoms with Crippen molar-refractivity contribution in [1.82, 2.24) is 9.80 Å². The fraction of sp³-hybridized carbons (Fsp3) is 0.833. The van der Waals surface area contributed by atoms with E-state index in [4.69, 9.17) is 5.11 Å². The van der Waals surface area contributed by atoms with E-state index in [0.717, 1.165) is 6.54 Å². The SMILES string of the molecule is CN1CCN(C(=O)C2CC2C(=O)O)CC1(C)C. The number of likely N-dealkylation sites (N-methyl/N-ethyl adjacent to an activating group) is 1. The van der Waals surface area contributed by atoms with Crippen molar-refractivity contribution in [2.45, 2.75) is 25.8 Å². The van der Waals surface area contributed by atoms with Crippen molar-refractivity contribution in [2.75, 3.05) is 26.7 Å². The third-order valence-electron chi connectivity index (χ3n) is 4.05. The highest BCUT2D eigenvalue weighted by Gasteiger charge is 2.50. The molecule has 2 unspecified atom stereocenters. The highest BCUT2D eigenvalue weighted by molar-refractivity contribution is 5.89. The molecule has 1 saturated heterocycles. The zero-order chi connectivity index (χ0) is 12.8. The van der Waals surface area contributed by atoms with Crippen LogP contribution < -0.4 is 0 Å². The summed E-state index contributed by atoms with van der Waals surface area (Å²) in [4.78, 5) is 26.9. The maximum absolute atomic E-state index is 12.1. The second-order valence-corrected chi connectivity index (χ2v) is 5.78. The van der Waals surface area contributed by atoms with Gasteiger partial charge in [-0.3, -0.25) is 14.5 Å². The van der Waals surface area contributed by atoms with Crippen molar-refractivity contribution in [2.24, 2.45) is 11.8 Å². The average Bonchev–Trinajstić information content (AvgIpc) is 3.00. The third-order valence-corrected chi connectivity index (χ3v) is 4.05. The van der Waals surface area contributed by atoms with Crippen LogP contribution in [0.25, 0.3) is 0 Å². The normalized spacial score (nSPS) is 32.3. The van der Waals surface area contributed by atoms with Crippen molar-refractivity contribution >= 4 is 11.9 Å². The first kappa shape index (κ1) is 12.4. The van der Waals surface area contributed by atoms with Gasteiger partial charge in [0.05, 0.1) is 11.8 Å². The Morgan fingerprint density at radius 1 is 1.24 bits per heavy atom. The highest BCUT2D eigenvalue weighted by atomic mass is 16.4. The molecule has 1 heterocycles. The van der Waals surface area contributed by atoms with E-state index in [9.17, 15) is 9.59 Å². The van der Waals surface area contributed by atoms with Crippen molar-refractivity contribution in [3.05, 3.63) is 0 Å². The van der Waals surface area contributed by atoms with Crippen LogP contribution in [0, 0.1) is 11.8 Å². The Kier molecular flexibility index (Phi) is 2.89. The van der Waals surface area contributed by atoms with Gasteiger partial charge in [0.15, 0.2) is 0 Å². The lowest BCUT2D eigenvalue weighted by Crippen LogP contribution is -2.59. The van der Waals surface area contributed by atoms with Gasteiger partial charge in [-0.05, 0) is 27.3 Å². The fourth-order valence-electron chi connectivity index (χ4n) is 2.40. The molecule has 2 aliphatic rings. The number of hydrogen-bond donors (Lipinski definition) is 1. The maximum Gasteiger partial charge on any atom is 0.307 e. The largest absolute Gasteiger partial charge is 0.481 e. The fourth-order valence-corrected chi connectivity index (χ4v) is 2.40. The van der Waals surface area contributed by atoms with Crippen LogP contribution in [0.4, 0.5) is 0 Å². The Balaban J connectivity index is 1.96. The summed E-state index contributed by atoms with van der Waals surface area (Å²) in [5.74, 6) is -1.52. The number of nitrogens with zero attached hydrogens (tertiary/aromatic N) is 2. The first-order chi connectivity index (χ1) is 7.83. The molecule has 96 valence electrons. The number of carboxylic acid groups (broad SMARTS) is 1. The van der Waals surface area contributed by atoms with Crippen molar-refractivity contribution in [3.63, 3.8) is 0 Å². The molecule has 0 radical (unpaired) electrons. The molecule has 0 bridgehead atoms. The average molecular weight is 240 g/mol. The molecule has 17 heavy (non-hydrogen) atoms. The molecule has 2 rings (SSSR count). The van der Waals surface area contributed by atoms with Crippen LogP contribution in [0.1, 0.15) is 20.3 Å². The number of hydrogen-bond acceptors (Lipinski definition) is 3. The summed E-state index contributed by atoms with van der Waals surface area (Å²) in [6.07, 6.45) is 0.515. The summed E-state index contributed by atoms with van der Waals surface area (Å²) in [7, 11) is 2.05. The summed E-state index contributed by atoms with van der Waals surface area (Å²) in [5, 5.41) is 8.84. The number of aliphatic carboxylic acids is 1. The van der Waals surface area contributed by atoms with Gasteiger partial charge in [-0.25, -0.2) is 0 Å². The van der Waals surface area contributed by atoms with E-state index in [1.165, 1.54) is 0 Å². The Labute approximate surface area is 101 Å². The lowest BCUT2D eigenvalue weighted by molar-refractivity contribution is -0.143. The van der Waals surface area contributed by atoms with E-state index >= 15 is 0 Å². The summed E-state index contributed by atoms with van der Waals surface area (Å²) < 4.78 is 0. The van der Waals surface area contributed by atoms with E-state index in [2.05, 4.69) is 25.8 Å². The second kappa shape index (κ2) is 3.98. The van der Waals surface area contributed by atoms with Gasteiger partial charge in [0.1, 0.15) is 0 Å². The highest BCUT2D eigenvalue weighted by Crippen LogP contribution is 2.40. The van der Waals surface area contributed by atoms with Gasteiger partial charge in [0.2, 0.25) is 5.91 Å². The van der Waals surface area contributed by atoms with Gasteiger partial charge in [-0.1, -0.05) is 0 Å². The third kappa shape index (κ3) is 2.29. The van der Waals surface area contributed by atoms with Crippen LogP contribution >= 0.6 is 0 Å². The van der Waals surface area contributed by atoms with Gasteiger partial charge < -0.3 is 10.0 Å². The van der Waals surface area contributed by atoms with Gasteiger partial charge in [0.25, 0.3) is 0 Å². The Morgan fingerprint density at radius 2 is 1.88 bits per heavy atom. The van der Waals surface area contributed by atoms with Crippen LogP contribution in [0.15, 0.2) is 0 Å². The molecule has 0 aromatic carbocycles. The molecule has 1 amide bonds. The molecule has 5 heteroatoms. The number of amides is 1. The van der Waals surface area contributed by atoms with Gasteiger partial charge in [-0.2, -0.15) is 0 Å². The van der Waals surface area contributed by atoms with Gasteiger partial charge >= 0.3 is 5.97 Å². The molecule has 1 aliphatic heterocycles. The first-order valence-corrected chi connectivity index (χ1v) is 6.06. The summed E-state index contributed by atoms with van der Waals surface area (Å²) in [6.45, 7) is 6.46. The monoisotopic (exact) mass is 240 g/mol. The molecule has 1 aliphatic carbocycles. The smallest absolute Gasteiger partial charge is 0.307 e. The molecule has 0 aromatic heterocycles. The van der Waals surface area contributed by atoms with E-state index in [-0.39, 0.29) is 17.4 Å². The van der Waals surface area contributed by atoms with Gasteiger partial charge in [-0.15, -0.1) is 0 Å². The van der Waals surface area contributed by atoms with Crippen LogP contribution in [0.2, 0.25) is 0 Å². The van der Waals surface area contributed by atoms with Crippen molar-refractivity contribution in [1.29, 1.82) is 0 Å². The maximum atomic E-state index is 12.1. The zero-order valence-corrected chi connectivity index (χ0v) is 10.6. The number of rotatable bonds is 2. The van der Waals surface area contributed by atoms with Crippen molar-refractivity contribution in [3.8, 4) is 0 Å². The molecule has 1 saturated carbocycles. The Bertz CT molecular complexity index is 354. The molecule has 1 N–H and O–H groups in total. The zero-order valence-electron chi connectivity index (χ0n) is 10.6. The Hall–Kier alpha value is -1.10. The standard InChI is InChI=1S/C12H20N2O3/c1-12(2)7-14(5-4-13(12)3)10(15)8-6-9(8)11(16)17/h8-9H,4-7H2,1-3H3,(H,16,17). The number of carbonyl (C=O) groups excluding carboxylic acids is 1.